The molecule has 0 saturated carbocycles. The Labute approximate surface area is 125 Å². The zero-order chi connectivity index (χ0) is 15.2. The van der Waals surface area contributed by atoms with E-state index in [-0.39, 0.29) is 24.2 Å². The average Bonchev–Trinajstić information content (AvgIpc) is 2.50. The van der Waals surface area contributed by atoms with Crippen LogP contribution < -0.4 is 0 Å². The SMILES string of the molecule is CC(Cc1ccccc1F)C(=O)N1CCN(CCO)CC1. The first-order valence-corrected chi connectivity index (χ1v) is 7.47. The van der Waals surface area contributed by atoms with Crippen molar-refractivity contribution in [2.45, 2.75) is 13.3 Å². The molecule has 1 N–H and O–H groups in total. The van der Waals surface area contributed by atoms with Gasteiger partial charge in [0.05, 0.1) is 6.61 Å². The Balaban J connectivity index is 1.87. The molecule has 1 aliphatic rings. The van der Waals surface area contributed by atoms with E-state index < -0.39 is 0 Å². The van der Waals surface area contributed by atoms with Crippen LogP contribution >= 0.6 is 0 Å². The minimum Gasteiger partial charge on any atom is -0.395 e. The summed E-state index contributed by atoms with van der Waals surface area (Å²) in [5.41, 5.74) is 0.595. The maximum absolute atomic E-state index is 13.6. The zero-order valence-corrected chi connectivity index (χ0v) is 12.5. The van der Waals surface area contributed by atoms with Crippen molar-refractivity contribution in [2.24, 2.45) is 5.92 Å². The van der Waals surface area contributed by atoms with Crippen LogP contribution in [-0.2, 0) is 11.2 Å². The molecule has 1 saturated heterocycles. The Kier molecular flexibility index (Phi) is 5.70. The molecule has 1 aromatic rings. The van der Waals surface area contributed by atoms with Crippen LogP contribution in [0.1, 0.15) is 12.5 Å². The summed E-state index contributed by atoms with van der Waals surface area (Å²) in [7, 11) is 0. The van der Waals surface area contributed by atoms with E-state index >= 15 is 0 Å². The zero-order valence-electron chi connectivity index (χ0n) is 12.5. The van der Waals surface area contributed by atoms with Gasteiger partial charge in [-0.1, -0.05) is 25.1 Å². The van der Waals surface area contributed by atoms with Gasteiger partial charge in [0, 0.05) is 38.6 Å². The van der Waals surface area contributed by atoms with Gasteiger partial charge in [0.1, 0.15) is 5.82 Å². The van der Waals surface area contributed by atoms with E-state index in [0.717, 1.165) is 13.1 Å². The second kappa shape index (κ2) is 7.52. The first-order valence-electron chi connectivity index (χ1n) is 7.47. The number of carbonyl (C=O) groups is 1. The van der Waals surface area contributed by atoms with Gasteiger partial charge in [-0.05, 0) is 18.1 Å². The molecule has 5 heteroatoms. The number of rotatable bonds is 5. The van der Waals surface area contributed by atoms with Gasteiger partial charge in [0.25, 0.3) is 0 Å². The maximum atomic E-state index is 13.6. The fourth-order valence-corrected chi connectivity index (χ4v) is 2.73. The highest BCUT2D eigenvalue weighted by molar-refractivity contribution is 5.79. The molecule has 1 heterocycles. The number of carbonyl (C=O) groups excluding carboxylic acids is 1. The largest absolute Gasteiger partial charge is 0.395 e. The van der Waals surface area contributed by atoms with Gasteiger partial charge >= 0.3 is 0 Å². The summed E-state index contributed by atoms with van der Waals surface area (Å²) in [6.07, 6.45) is 0.433. The van der Waals surface area contributed by atoms with Crippen LogP contribution in [0.3, 0.4) is 0 Å². The summed E-state index contributed by atoms with van der Waals surface area (Å²) in [6, 6.07) is 6.62. The van der Waals surface area contributed by atoms with Crippen molar-refractivity contribution in [3.05, 3.63) is 35.6 Å². The van der Waals surface area contributed by atoms with Crippen molar-refractivity contribution < 1.29 is 14.3 Å². The number of aliphatic hydroxyl groups is 1. The summed E-state index contributed by atoms with van der Waals surface area (Å²) < 4.78 is 13.6. The molecular weight excluding hydrogens is 271 g/mol. The first kappa shape index (κ1) is 15.9. The third-order valence-corrected chi connectivity index (χ3v) is 4.01. The smallest absolute Gasteiger partial charge is 0.225 e. The monoisotopic (exact) mass is 294 g/mol. The third-order valence-electron chi connectivity index (χ3n) is 4.01. The van der Waals surface area contributed by atoms with Crippen molar-refractivity contribution >= 4 is 5.91 Å². The van der Waals surface area contributed by atoms with Crippen molar-refractivity contribution in [2.75, 3.05) is 39.3 Å². The Hall–Kier alpha value is -1.46. The molecule has 0 aromatic heterocycles. The van der Waals surface area contributed by atoms with Crippen LogP contribution in [0.4, 0.5) is 4.39 Å². The van der Waals surface area contributed by atoms with Crippen molar-refractivity contribution in [1.29, 1.82) is 0 Å². The normalized spacial score (nSPS) is 17.8. The number of β-amino-alcohol motifs (C(OH)–C–C–N with tert-alkyl or cyclic N) is 1. The van der Waals surface area contributed by atoms with Gasteiger partial charge in [0.15, 0.2) is 0 Å². The van der Waals surface area contributed by atoms with Gasteiger partial charge in [-0.3, -0.25) is 9.69 Å². The number of piperazine rings is 1. The van der Waals surface area contributed by atoms with E-state index in [1.54, 1.807) is 18.2 Å². The lowest BCUT2D eigenvalue weighted by molar-refractivity contribution is -0.136. The molecule has 1 atom stereocenters. The van der Waals surface area contributed by atoms with Gasteiger partial charge in [-0.15, -0.1) is 0 Å². The molecule has 0 bridgehead atoms. The summed E-state index contributed by atoms with van der Waals surface area (Å²) in [4.78, 5) is 16.4. The lowest BCUT2D eigenvalue weighted by atomic mass is 9.99. The average molecular weight is 294 g/mol. The Morgan fingerprint density at radius 1 is 1.29 bits per heavy atom. The van der Waals surface area contributed by atoms with Crippen LogP contribution in [-0.4, -0.2) is 60.1 Å². The van der Waals surface area contributed by atoms with Gasteiger partial charge in [-0.25, -0.2) is 4.39 Å². The summed E-state index contributed by atoms with van der Waals surface area (Å²) in [6.45, 7) is 5.61. The minimum atomic E-state index is -0.245. The molecule has 2 rings (SSSR count). The molecule has 21 heavy (non-hydrogen) atoms. The van der Waals surface area contributed by atoms with Crippen LogP contribution in [0.5, 0.6) is 0 Å². The molecule has 1 amide bonds. The van der Waals surface area contributed by atoms with Crippen LogP contribution in [0.25, 0.3) is 0 Å². The fraction of sp³-hybridized carbons (Fsp3) is 0.562. The number of nitrogens with zero attached hydrogens (tertiary/aromatic N) is 2. The standard InChI is InChI=1S/C16H23FN2O2/c1-13(12-14-4-2-3-5-15(14)17)16(21)19-8-6-18(7-9-19)10-11-20/h2-5,13,20H,6-12H2,1H3. The molecule has 0 spiro atoms. The van der Waals surface area contributed by atoms with Crippen molar-refractivity contribution in [1.82, 2.24) is 9.80 Å². The second-order valence-corrected chi connectivity index (χ2v) is 5.59. The number of aliphatic hydroxyl groups excluding tert-OH is 1. The highest BCUT2D eigenvalue weighted by Crippen LogP contribution is 2.15. The van der Waals surface area contributed by atoms with E-state index in [0.29, 0.717) is 31.6 Å². The number of amides is 1. The Morgan fingerprint density at radius 3 is 2.57 bits per heavy atom. The van der Waals surface area contributed by atoms with Crippen LogP contribution in [0.15, 0.2) is 24.3 Å². The number of hydrogen-bond donors (Lipinski definition) is 1. The Morgan fingerprint density at radius 2 is 1.95 bits per heavy atom. The van der Waals surface area contributed by atoms with Gasteiger partial charge < -0.3 is 10.0 Å². The van der Waals surface area contributed by atoms with E-state index in [4.69, 9.17) is 5.11 Å². The molecular formula is C16H23FN2O2. The van der Waals surface area contributed by atoms with E-state index in [1.807, 2.05) is 11.8 Å². The topological polar surface area (TPSA) is 43.8 Å². The van der Waals surface area contributed by atoms with Gasteiger partial charge in [0.2, 0.25) is 5.91 Å². The molecule has 1 aromatic carbocycles. The lowest BCUT2D eigenvalue weighted by Crippen LogP contribution is -2.50. The van der Waals surface area contributed by atoms with Crippen LogP contribution in [0, 0.1) is 11.7 Å². The second-order valence-electron chi connectivity index (χ2n) is 5.59. The lowest BCUT2D eigenvalue weighted by Gasteiger charge is -2.35. The molecule has 0 radical (unpaired) electrons. The Bertz CT molecular complexity index is 473. The van der Waals surface area contributed by atoms with E-state index in [1.165, 1.54) is 6.07 Å². The predicted octanol–water partition coefficient (Wildman–Crippen LogP) is 1.14. The predicted molar refractivity (Wildman–Crippen MR) is 79.4 cm³/mol. The quantitative estimate of drug-likeness (QED) is 0.886. The maximum Gasteiger partial charge on any atom is 0.225 e. The van der Waals surface area contributed by atoms with Crippen molar-refractivity contribution in [3.63, 3.8) is 0 Å². The number of hydrogen-bond acceptors (Lipinski definition) is 3. The minimum absolute atomic E-state index is 0.0851. The highest BCUT2D eigenvalue weighted by Gasteiger charge is 2.25. The molecule has 4 nitrogen and oxygen atoms in total. The van der Waals surface area contributed by atoms with E-state index in [9.17, 15) is 9.18 Å². The first-order chi connectivity index (χ1) is 10.1. The van der Waals surface area contributed by atoms with Gasteiger partial charge in [-0.2, -0.15) is 0 Å². The molecule has 0 aliphatic carbocycles. The molecule has 116 valence electrons. The number of benzene rings is 1. The van der Waals surface area contributed by atoms with Crippen molar-refractivity contribution in [3.8, 4) is 0 Å². The molecule has 1 unspecified atom stereocenters. The third kappa shape index (κ3) is 4.25. The van der Waals surface area contributed by atoms with Crippen LogP contribution in [0.2, 0.25) is 0 Å². The fourth-order valence-electron chi connectivity index (χ4n) is 2.73. The number of halogens is 1. The summed E-state index contributed by atoms with van der Waals surface area (Å²) in [5.74, 6) is -0.377. The molecule has 1 aliphatic heterocycles. The summed E-state index contributed by atoms with van der Waals surface area (Å²) in [5, 5.41) is 8.91. The van der Waals surface area contributed by atoms with E-state index in [2.05, 4.69) is 4.90 Å². The highest BCUT2D eigenvalue weighted by atomic mass is 19.1. The molecule has 1 fully saturated rings. The summed E-state index contributed by atoms with van der Waals surface area (Å²) >= 11 is 0.